The van der Waals surface area contributed by atoms with Gasteiger partial charge in [0.05, 0.1) is 23.5 Å². The van der Waals surface area contributed by atoms with Gasteiger partial charge in [-0.05, 0) is 68.8 Å². The summed E-state index contributed by atoms with van der Waals surface area (Å²) < 4.78 is 21.6. The Bertz CT molecular complexity index is 1240. The lowest BCUT2D eigenvalue weighted by atomic mass is 10.1. The summed E-state index contributed by atoms with van der Waals surface area (Å²) >= 11 is 0. The molecule has 0 radical (unpaired) electrons. The van der Waals surface area contributed by atoms with Crippen LogP contribution in [0.1, 0.15) is 42.4 Å². The third-order valence-corrected chi connectivity index (χ3v) is 5.62. The van der Waals surface area contributed by atoms with Crippen molar-refractivity contribution in [2.45, 2.75) is 39.8 Å². The number of hydrogen-bond acceptors (Lipinski definition) is 3. The van der Waals surface area contributed by atoms with Crippen molar-refractivity contribution >= 4 is 5.91 Å². The average molecular weight is 458 g/mol. The normalized spacial score (nSPS) is 11.0. The van der Waals surface area contributed by atoms with Crippen LogP contribution in [-0.4, -0.2) is 26.6 Å². The largest absolute Gasteiger partial charge is 0.439 e. The summed E-state index contributed by atoms with van der Waals surface area (Å²) in [6.45, 7) is 6.34. The number of rotatable bonds is 8. The molecule has 34 heavy (non-hydrogen) atoms. The fourth-order valence-electron chi connectivity index (χ4n) is 3.79. The number of ether oxygens (including phenoxy) is 1. The summed E-state index contributed by atoms with van der Waals surface area (Å²) in [5, 5.41) is 4.80. The van der Waals surface area contributed by atoms with Crippen LogP contribution in [0.5, 0.6) is 11.6 Å². The number of nitrogens with zero attached hydrogens (tertiary/aromatic N) is 3. The van der Waals surface area contributed by atoms with Gasteiger partial charge in [0.15, 0.2) is 0 Å². The van der Waals surface area contributed by atoms with Crippen LogP contribution < -0.4 is 4.74 Å². The fraction of sp³-hybridized carbons (Fsp3) is 0.214. The smallest absolute Gasteiger partial charge is 0.254 e. The number of carbonyl (C=O) groups is 1. The topological polar surface area (TPSA) is 47.4 Å². The standard InChI is InChI=1S/C28H28FN3O2/c1-4-26-25(19-31(20(2)3)27(33)21-11-7-5-8-12-21)28(34-24-13-9-6-10-14-24)32(30-26)23-17-15-22(29)16-18-23/h5-18,20H,4,19H2,1-3H3. The summed E-state index contributed by atoms with van der Waals surface area (Å²) in [5.41, 5.74) is 2.96. The zero-order valence-electron chi connectivity index (χ0n) is 19.6. The van der Waals surface area contributed by atoms with Crippen molar-refractivity contribution in [2.75, 3.05) is 0 Å². The van der Waals surface area contributed by atoms with Crippen molar-refractivity contribution in [3.63, 3.8) is 0 Å². The maximum absolute atomic E-state index is 13.6. The monoisotopic (exact) mass is 457 g/mol. The first-order valence-electron chi connectivity index (χ1n) is 11.4. The lowest BCUT2D eigenvalue weighted by molar-refractivity contribution is 0.0689. The van der Waals surface area contributed by atoms with Crippen molar-refractivity contribution in [3.8, 4) is 17.3 Å². The predicted octanol–water partition coefficient (Wildman–Crippen LogP) is 6.42. The van der Waals surface area contributed by atoms with E-state index >= 15 is 0 Å². The molecule has 174 valence electrons. The van der Waals surface area contributed by atoms with Crippen LogP contribution in [0, 0.1) is 5.82 Å². The highest BCUT2D eigenvalue weighted by Gasteiger charge is 2.26. The van der Waals surface area contributed by atoms with E-state index in [0.29, 0.717) is 35.8 Å². The van der Waals surface area contributed by atoms with Gasteiger partial charge in [0.2, 0.25) is 5.88 Å². The third-order valence-electron chi connectivity index (χ3n) is 5.62. The summed E-state index contributed by atoms with van der Waals surface area (Å²) in [6, 6.07) is 24.8. The Hall–Kier alpha value is -3.93. The zero-order valence-corrected chi connectivity index (χ0v) is 19.6. The minimum Gasteiger partial charge on any atom is -0.439 e. The molecule has 0 atom stereocenters. The van der Waals surface area contributed by atoms with E-state index in [0.717, 1.165) is 11.3 Å². The lowest BCUT2D eigenvalue weighted by Crippen LogP contribution is -2.36. The van der Waals surface area contributed by atoms with E-state index in [-0.39, 0.29) is 17.8 Å². The van der Waals surface area contributed by atoms with Gasteiger partial charge in [0.1, 0.15) is 11.6 Å². The Morgan fingerprint density at radius 1 is 0.971 bits per heavy atom. The number of amides is 1. The summed E-state index contributed by atoms with van der Waals surface area (Å²) in [7, 11) is 0. The van der Waals surface area contributed by atoms with Gasteiger partial charge >= 0.3 is 0 Å². The predicted molar refractivity (Wildman–Crippen MR) is 131 cm³/mol. The van der Waals surface area contributed by atoms with Gasteiger partial charge in [0, 0.05) is 11.6 Å². The van der Waals surface area contributed by atoms with Crippen LogP contribution in [0.2, 0.25) is 0 Å². The van der Waals surface area contributed by atoms with Crippen LogP contribution in [0.25, 0.3) is 5.69 Å². The van der Waals surface area contributed by atoms with E-state index in [2.05, 4.69) is 0 Å². The Labute approximate surface area is 199 Å². The van der Waals surface area contributed by atoms with Crippen molar-refractivity contribution in [1.82, 2.24) is 14.7 Å². The number of carbonyl (C=O) groups excluding carboxylic acids is 1. The number of aromatic nitrogens is 2. The van der Waals surface area contributed by atoms with Gasteiger partial charge in [-0.25, -0.2) is 9.07 Å². The van der Waals surface area contributed by atoms with E-state index in [1.165, 1.54) is 12.1 Å². The molecule has 0 spiro atoms. The van der Waals surface area contributed by atoms with E-state index in [4.69, 9.17) is 9.84 Å². The second-order valence-corrected chi connectivity index (χ2v) is 8.28. The second kappa shape index (κ2) is 10.3. The molecule has 4 aromatic rings. The first kappa shape index (κ1) is 23.2. The molecule has 0 aliphatic heterocycles. The molecule has 0 bridgehead atoms. The van der Waals surface area contributed by atoms with Crippen LogP contribution in [0.15, 0.2) is 84.9 Å². The van der Waals surface area contributed by atoms with E-state index in [9.17, 15) is 9.18 Å². The van der Waals surface area contributed by atoms with Gasteiger partial charge in [-0.1, -0.05) is 43.3 Å². The maximum atomic E-state index is 13.6. The molecular formula is C28H28FN3O2. The molecule has 1 heterocycles. The third kappa shape index (κ3) is 5.01. The number of hydrogen-bond donors (Lipinski definition) is 0. The first-order chi connectivity index (χ1) is 16.5. The van der Waals surface area contributed by atoms with Crippen LogP contribution in [0.4, 0.5) is 4.39 Å². The number of para-hydroxylation sites is 1. The van der Waals surface area contributed by atoms with Gasteiger partial charge < -0.3 is 9.64 Å². The fourth-order valence-corrected chi connectivity index (χ4v) is 3.79. The lowest BCUT2D eigenvalue weighted by Gasteiger charge is -2.27. The molecular weight excluding hydrogens is 429 g/mol. The minimum absolute atomic E-state index is 0.0452. The van der Waals surface area contributed by atoms with E-state index in [1.807, 2.05) is 86.3 Å². The van der Waals surface area contributed by atoms with Crippen molar-refractivity contribution in [1.29, 1.82) is 0 Å². The summed E-state index contributed by atoms with van der Waals surface area (Å²) in [4.78, 5) is 15.2. The SMILES string of the molecule is CCc1nn(-c2ccc(F)cc2)c(Oc2ccccc2)c1CN(C(=O)c1ccccc1)C(C)C. The molecule has 0 unspecified atom stereocenters. The highest BCUT2D eigenvalue weighted by molar-refractivity contribution is 5.94. The van der Waals surface area contributed by atoms with E-state index in [1.54, 1.807) is 16.8 Å². The number of halogens is 1. The maximum Gasteiger partial charge on any atom is 0.254 e. The summed E-state index contributed by atoms with van der Waals surface area (Å²) in [6.07, 6.45) is 0.653. The molecule has 5 nitrogen and oxygen atoms in total. The number of aryl methyl sites for hydroxylation is 1. The average Bonchev–Trinajstić information content (AvgIpc) is 3.20. The first-order valence-corrected chi connectivity index (χ1v) is 11.4. The Kier molecular flexibility index (Phi) is 7.07. The summed E-state index contributed by atoms with van der Waals surface area (Å²) in [5.74, 6) is 0.788. The van der Waals surface area contributed by atoms with E-state index < -0.39 is 0 Å². The number of benzene rings is 3. The molecule has 0 aliphatic rings. The molecule has 1 amide bonds. The highest BCUT2D eigenvalue weighted by Crippen LogP contribution is 2.33. The van der Waals surface area contributed by atoms with Crippen molar-refractivity contribution in [3.05, 3.63) is 108 Å². The highest BCUT2D eigenvalue weighted by atomic mass is 19.1. The van der Waals surface area contributed by atoms with Gasteiger partial charge in [0.25, 0.3) is 5.91 Å². The Morgan fingerprint density at radius 2 is 1.59 bits per heavy atom. The molecule has 0 saturated carbocycles. The van der Waals surface area contributed by atoms with Gasteiger partial charge in [-0.3, -0.25) is 4.79 Å². The molecule has 6 heteroatoms. The second-order valence-electron chi connectivity index (χ2n) is 8.28. The molecule has 0 N–H and O–H groups in total. The van der Waals surface area contributed by atoms with Crippen LogP contribution in [-0.2, 0) is 13.0 Å². The Morgan fingerprint density at radius 3 is 2.18 bits per heavy atom. The molecule has 0 aliphatic carbocycles. The minimum atomic E-state index is -0.322. The quantitative estimate of drug-likeness (QED) is 0.307. The van der Waals surface area contributed by atoms with Crippen LogP contribution in [0.3, 0.4) is 0 Å². The van der Waals surface area contributed by atoms with Crippen molar-refractivity contribution < 1.29 is 13.9 Å². The van der Waals surface area contributed by atoms with Gasteiger partial charge in [-0.15, -0.1) is 0 Å². The van der Waals surface area contributed by atoms with Crippen LogP contribution >= 0.6 is 0 Å². The molecule has 3 aromatic carbocycles. The Balaban J connectivity index is 1.81. The van der Waals surface area contributed by atoms with Gasteiger partial charge in [-0.2, -0.15) is 5.10 Å². The molecule has 0 fully saturated rings. The zero-order chi connectivity index (χ0) is 24.1. The molecule has 0 saturated heterocycles. The molecule has 1 aromatic heterocycles. The van der Waals surface area contributed by atoms with Crippen molar-refractivity contribution in [2.24, 2.45) is 0 Å². The molecule has 4 rings (SSSR count).